The predicted octanol–water partition coefficient (Wildman–Crippen LogP) is 3.75. The summed E-state index contributed by atoms with van der Waals surface area (Å²) in [6.45, 7) is 8.73. The Labute approximate surface area is 173 Å². The molecule has 1 aromatic carbocycles. The normalized spacial score (nSPS) is 17.1. The molecular weight excluding hydrogens is 395 g/mol. The molecule has 2 aromatic rings. The van der Waals surface area contributed by atoms with Crippen LogP contribution in [0.25, 0.3) is 10.2 Å². The Kier molecular flexibility index (Phi) is 6.38. The molecule has 7 nitrogen and oxygen atoms in total. The van der Waals surface area contributed by atoms with Crippen LogP contribution in [-0.2, 0) is 9.53 Å². The number of fused-ring (bicyclic) bond motifs is 1. The zero-order chi connectivity index (χ0) is 21.2. The Morgan fingerprint density at radius 1 is 1.31 bits per heavy atom. The van der Waals surface area contributed by atoms with E-state index in [9.17, 15) is 14.0 Å². The Morgan fingerprint density at radius 3 is 2.66 bits per heavy atom. The first-order valence-electron chi connectivity index (χ1n) is 9.71. The minimum absolute atomic E-state index is 0.0375. The highest BCUT2D eigenvalue weighted by atomic mass is 32.1. The standard InChI is InChI=1S/C20H27FN4O3S/c1-12(17(26)24-18-23-15-6-5-13(21)11-16(15)29-18)25-9-7-14(8-10-25)22-19(27)28-20(2,3)4/h5-6,11-12,14H,7-10H2,1-4H3,(H,22,27)(H,23,24,26). The van der Waals surface area contributed by atoms with Crippen molar-refractivity contribution in [2.75, 3.05) is 18.4 Å². The van der Waals surface area contributed by atoms with Gasteiger partial charge in [-0.1, -0.05) is 11.3 Å². The number of anilines is 1. The summed E-state index contributed by atoms with van der Waals surface area (Å²) >= 11 is 1.25. The molecule has 2 amide bonds. The Bertz CT molecular complexity index is 887. The third kappa shape index (κ3) is 5.86. The second kappa shape index (κ2) is 8.62. The highest BCUT2D eigenvalue weighted by molar-refractivity contribution is 7.22. The van der Waals surface area contributed by atoms with Crippen LogP contribution in [0.15, 0.2) is 18.2 Å². The van der Waals surface area contributed by atoms with E-state index >= 15 is 0 Å². The van der Waals surface area contributed by atoms with E-state index in [2.05, 4.69) is 20.5 Å². The smallest absolute Gasteiger partial charge is 0.407 e. The van der Waals surface area contributed by atoms with Gasteiger partial charge in [-0.25, -0.2) is 14.2 Å². The van der Waals surface area contributed by atoms with E-state index < -0.39 is 11.7 Å². The summed E-state index contributed by atoms with van der Waals surface area (Å²) in [5.41, 5.74) is 0.137. The van der Waals surface area contributed by atoms with E-state index in [0.717, 1.165) is 12.8 Å². The van der Waals surface area contributed by atoms with E-state index in [4.69, 9.17) is 4.74 Å². The largest absolute Gasteiger partial charge is 0.444 e. The lowest BCUT2D eigenvalue weighted by atomic mass is 10.0. The number of nitrogens with one attached hydrogen (secondary N) is 2. The van der Waals surface area contributed by atoms with Crippen molar-refractivity contribution in [3.8, 4) is 0 Å². The average molecular weight is 423 g/mol. The molecule has 1 fully saturated rings. The Balaban J connectivity index is 1.50. The van der Waals surface area contributed by atoms with Gasteiger partial charge in [-0.15, -0.1) is 0 Å². The summed E-state index contributed by atoms with van der Waals surface area (Å²) in [5, 5.41) is 6.19. The van der Waals surface area contributed by atoms with Gasteiger partial charge in [-0.2, -0.15) is 0 Å². The molecule has 0 saturated carbocycles. The van der Waals surface area contributed by atoms with Gasteiger partial charge >= 0.3 is 6.09 Å². The molecule has 3 rings (SSSR count). The van der Waals surface area contributed by atoms with Gasteiger partial charge < -0.3 is 15.4 Å². The van der Waals surface area contributed by atoms with Crippen LogP contribution >= 0.6 is 11.3 Å². The maximum Gasteiger partial charge on any atom is 0.407 e. The molecule has 1 unspecified atom stereocenters. The van der Waals surface area contributed by atoms with Crippen LogP contribution in [-0.4, -0.2) is 52.7 Å². The zero-order valence-electron chi connectivity index (χ0n) is 17.1. The second-order valence-corrected chi connectivity index (χ2v) is 9.28. The summed E-state index contributed by atoms with van der Waals surface area (Å²) in [6, 6.07) is 4.07. The number of alkyl carbamates (subject to hydrolysis) is 1. The van der Waals surface area contributed by atoms with Gasteiger partial charge in [0.15, 0.2) is 5.13 Å². The fraction of sp³-hybridized carbons (Fsp3) is 0.550. The molecule has 29 heavy (non-hydrogen) atoms. The molecule has 0 aliphatic carbocycles. The summed E-state index contributed by atoms with van der Waals surface area (Å²) < 4.78 is 19.3. The Hall–Kier alpha value is -2.26. The fourth-order valence-electron chi connectivity index (χ4n) is 3.23. The number of thiazole rings is 1. The average Bonchev–Trinajstić information content (AvgIpc) is 3.01. The molecule has 1 atom stereocenters. The molecule has 9 heteroatoms. The van der Waals surface area contributed by atoms with Gasteiger partial charge in [0, 0.05) is 19.1 Å². The van der Waals surface area contributed by atoms with E-state index in [1.807, 2.05) is 27.7 Å². The maximum atomic E-state index is 13.3. The van der Waals surface area contributed by atoms with E-state index in [1.165, 1.54) is 23.5 Å². The number of benzene rings is 1. The van der Waals surface area contributed by atoms with Crippen LogP contribution in [0, 0.1) is 5.82 Å². The molecule has 0 spiro atoms. The van der Waals surface area contributed by atoms with Crippen molar-refractivity contribution >= 4 is 38.7 Å². The van der Waals surface area contributed by atoms with Crippen LogP contribution in [0.5, 0.6) is 0 Å². The van der Waals surface area contributed by atoms with E-state index in [1.54, 1.807) is 6.07 Å². The molecule has 1 aromatic heterocycles. The summed E-state index contributed by atoms with van der Waals surface area (Å²) in [7, 11) is 0. The number of aromatic nitrogens is 1. The molecule has 2 heterocycles. The number of hydrogen-bond donors (Lipinski definition) is 2. The SMILES string of the molecule is CC(C(=O)Nc1nc2ccc(F)cc2s1)N1CCC(NC(=O)OC(C)(C)C)CC1. The summed E-state index contributed by atoms with van der Waals surface area (Å²) in [4.78, 5) is 30.9. The van der Waals surface area contributed by atoms with Crippen LogP contribution in [0.1, 0.15) is 40.5 Å². The molecule has 0 radical (unpaired) electrons. The van der Waals surface area contributed by atoms with Crippen molar-refractivity contribution < 1.29 is 18.7 Å². The van der Waals surface area contributed by atoms with Crippen LogP contribution in [0.3, 0.4) is 0 Å². The minimum Gasteiger partial charge on any atom is -0.444 e. The van der Waals surface area contributed by atoms with E-state index in [0.29, 0.717) is 28.4 Å². The van der Waals surface area contributed by atoms with Gasteiger partial charge in [-0.3, -0.25) is 9.69 Å². The number of carbonyl (C=O) groups is 2. The van der Waals surface area contributed by atoms with E-state index in [-0.39, 0.29) is 23.8 Å². The molecule has 1 aliphatic heterocycles. The van der Waals surface area contributed by atoms with Gasteiger partial charge in [0.2, 0.25) is 5.91 Å². The lowest BCUT2D eigenvalue weighted by Gasteiger charge is -2.35. The highest BCUT2D eigenvalue weighted by Gasteiger charge is 2.28. The van der Waals surface area contributed by atoms with Gasteiger partial charge in [-0.05, 0) is 58.7 Å². The number of rotatable bonds is 4. The molecule has 2 N–H and O–H groups in total. The monoisotopic (exact) mass is 422 g/mol. The quantitative estimate of drug-likeness (QED) is 0.784. The molecule has 1 aliphatic rings. The zero-order valence-corrected chi connectivity index (χ0v) is 17.9. The van der Waals surface area contributed by atoms with Crippen molar-refractivity contribution in [2.45, 2.75) is 58.2 Å². The first-order chi connectivity index (χ1) is 13.6. The Morgan fingerprint density at radius 2 is 2.00 bits per heavy atom. The first-order valence-corrected chi connectivity index (χ1v) is 10.5. The van der Waals surface area contributed by atoms with Gasteiger partial charge in [0.05, 0.1) is 16.3 Å². The van der Waals surface area contributed by atoms with Crippen molar-refractivity contribution in [2.24, 2.45) is 0 Å². The number of ether oxygens (including phenoxy) is 1. The third-order valence-corrected chi connectivity index (χ3v) is 5.69. The highest BCUT2D eigenvalue weighted by Crippen LogP contribution is 2.27. The number of likely N-dealkylation sites (tertiary alicyclic amines) is 1. The van der Waals surface area contributed by atoms with Crippen molar-refractivity contribution in [3.05, 3.63) is 24.0 Å². The lowest BCUT2D eigenvalue weighted by Crippen LogP contribution is -2.51. The van der Waals surface area contributed by atoms with Crippen LogP contribution in [0.4, 0.5) is 14.3 Å². The number of hydrogen-bond acceptors (Lipinski definition) is 6. The molecular formula is C20H27FN4O3S. The fourth-order valence-corrected chi connectivity index (χ4v) is 4.13. The summed E-state index contributed by atoms with van der Waals surface area (Å²) in [6.07, 6.45) is 1.09. The number of halogens is 1. The second-order valence-electron chi connectivity index (χ2n) is 8.25. The first kappa shape index (κ1) is 21.4. The van der Waals surface area contributed by atoms with Gasteiger partial charge in [0.25, 0.3) is 0 Å². The van der Waals surface area contributed by atoms with Crippen LogP contribution < -0.4 is 10.6 Å². The molecule has 0 bridgehead atoms. The number of nitrogens with zero attached hydrogens (tertiary/aromatic N) is 2. The summed E-state index contributed by atoms with van der Waals surface area (Å²) in [5.74, 6) is -0.474. The van der Waals surface area contributed by atoms with Crippen molar-refractivity contribution in [1.29, 1.82) is 0 Å². The minimum atomic E-state index is -0.524. The van der Waals surface area contributed by atoms with Crippen molar-refractivity contribution in [3.63, 3.8) is 0 Å². The number of piperidine rings is 1. The lowest BCUT2D eigenvalue weighted by molar-refractivity contribution is -0.121. The third-order valence-electron chi connectivity index (χ3n) is 4.76. The van der Waals surface area contributed by atoms with Crippen molar-refractivity contribution in [1.82, 2.24) is 15.2 Å². The van der Waals surface area contributed by atoms with Crippen LogP contribution in [0.2, 0.25) is 0 Å². The molecule has 158 valence electrons. The maximum absolute atomic E-state index is 13.3. The molecule has 1 saturated heterocycles. The number of carbonyl (C=O) groups excluding carboxylic acids is 2. The van der Waals surface area contributed by atoms with Gasteiger partial charge in [0.1, 0.15) is 11.4 Å². The predicted molar refractivity (Wildman–Crippen MR) is 112 cm³/mol. The number of amides is 2. The topological polar surface area (TPSA) is 83.6 Å².